The molecule has 2 aromatic rings. The molecule has 4 nitrogen and oxygen atoms in total. The largest absolute Gasteiger partial charge is 0.334 e. The molecule has 1 fully saturated rings. The Hall–Kier alpha value is -2.14. The summed E-state index contributed by atoms with van der Waals surface area (Å²) in [6.07, 6.45) is 2.90. The number of hydrogen-bond acceptors (Lipinski definition) is 2. The minimum Gasteiger partial charge on any atom is -0.334 e. The molecule has 0 aliphatic carbocycles. The molecule has 1 heterocycles. The molecule has 0 radical (unpaired) electrons. The van der Waals surface area contributed by atoms with Crippen LogP contribution in [0.15, 0.2) is 59.1 Å². The van der Waals surface area contributed by atoms with Crippen molar-refractivity contribution in [2.75, 3.05) is 18.4 Å². The van der Waals surface area contributed by atoms with Crippen LogP contribution in [0.4, 0.5) is 5.69 Å². The number of carbonyl (C=O) groups is 2. The molecule has 0 saturated carbocycles. The van der Waals surface area contributed by atoms with Crippen LogP contribution in [-0.4, -0.2) is 29.8 Å². The second-order valence-electron chi connectivity index (χ2n) is 6.36. The van der Waals surface area contributed by atoms with Crippen LogP contribution in [0.1, 0.15) is 18.4 Å². The Labute approximate surface area is 156 Å². The van der Waals surface area contributed by atoms with Gasteiger partial charge in [-0.15, -0.1) is 0 Å². The van der Waals surface area contributed by atoms with Crippen LogP contribution in [0, 0.1) is 5.92 Å². The topological polar surface area (TPSA) is 49.4 Å². The third-order valence-electron chi connectivity index (χ3n) is 4.59. The van der Waals surface area contributed by atoms with E-state index in [0.717, 1.165) is 23.7 Å². The van der Waals surface area contributed by atoms with Crippen LogP contribution in [0.5, 0.6) is 0 Å². The lowest BCUT2D eigenvalue weighted by molar-refractivity contribution is -0.144. The third kappa shape index (κ3) is 4.69. The fraction of sp³-hybridized carbons (Fsp3) is 0.300. The molecule has 0 aromatic heterocycles. The van der Waals surface area contributed by atoms with Crippen molar-refractivity contribution in [2.24, 2.45) is 5.92 Å². The quantitative estimate of drug-likeness (QED) is 0.794. The van der Waals surface area contributed by atoms with Gasteiger partial charge in [-0.1, -0.05) is 42.5 Å². The third-order valence-corrected chi connectivity index (χ3v) is 5.28. The lowest BCUT2D eigenvalue weighted by atomic mass is 9.90. The Morgan fingerprint density at radius 1 is 1.00 bits per heavy atom. The van der Waals surface area contributed by atoms with Crippen LogP contribution < -0.4 is 5.32 Å². The van der Waals surface area contributed by atoms with Gasteiger partial charge in [-0.2, -0.15) is 0 Å². The number of piperidine rings is 1. The lowest BCUT2D eigenvalue weighted by Gasteiger charge is -2.31. The van der Waals surface area contributed by atoms with Crippen molar-refractivity contribution in [1.82, 2.24) is 4.90 Å². The summed E-state index contributed by atoms with van der Waals surface area (Å²) in [7, 11) is 0. The van der Waals surface area contributed by atoms with E-state index in [1.165, 1.54) is 5.56 Å². The minimum atomic E-state index is -0.576. The number of anilines is 1. The summed E-state index contributed by atoms with van der Waals surface area (Å²) in [5, 5.41) is 2.68. The number of nitrogens with one attached hydrogen (secondary N) is 1. The maximum absolute atomic E-state index is 12.4. The first kappa shape index (κ1) is 17.7. The highest BCUT2D eigenvalue weighted by Gasteiger charge is 2.27. The van der Waals surface area contributed by atoms with E-state index in [-0.39, 0.29) is 0 Å². The van der Waals surface area contributed by atoms with E-state index in [1.54, 1.807) is 11.0 Å². The predicted molar refractivity (Wildman–Crippen MR) is 102 cm³/mol. The molecule has 0 bridgehead atoms. The summed E-state index contributed by atoms with van der Waals surface area (Å²) >= 11 is 3.37. The summed E-state index contributed by atoms with van der Waals surface area (Å²) in [6.45, 7) is 1.28. The van der Waals surface area contributed by atoms with E-state index in [1.807, 2.05) is 24.3 Å². The van der Waals surface area contributed by atoms with Gasteiger partial charge in [0.25, 0.3) is 0 Å². The van der Waals surface area contributed by atoms with Crippen molar-refractivity contribution < 1.29 is 9.59 Å². The van der Waals surface area contributed by atoms with Gasteiger partial charge in [0, 0.05) is 17.6 Å². The number of carbonyl (C=O) groups excluding carboxylic acids is 2. The van der Waals surface area contributed by atoms with Gasteiger partial charge in [0.05, 0.1) is 5.69 Å². The van der Waals surface area contributed by atoms with Crippen molar-refractivity contribution in [3.63, 3.8) is 0 Å². The molecular weight excluding hydrogens is 380 g/mol. The van der Waals surface area contributed by atoms with Gasteiger partial charge in [0.15, 0.2) is 0 Å². The number of benzene rings is 2. The molecule has 0 atom stereocenters. The summed E-state index contributed by atoms with van der Waals surface area (Å²) in [4.78, 5) is 26.3. The number of amides is 2. The van der Waals surface area contributed by atoms with Gasteiger partial charge < -0.3 is 10.2 Å². The highest BCUT2D eigenvalue weighted by Crippen LogP contribution is 2.23. The monoisotopic (exact) mass is 400 g/mol. The van der Waals surface area contributed by atoms with Gasteiger partial charge in [-0.3, -0.25) is 9.59 Å². The Balaban J connectivity index is 1.51. The highest BCUT2D eigenvalue weighted by atomic mass is 79.9. The molecule has 1 saturated heterocycles. The first-order chi connectivity index (χ1) is 12.1. The van der Waals surface area contributed by atoms with Gasteiger partial charge in [0.1, 0.15) is 0 Å². The van der Waals surface area contributed by atoms with Crippen LogP contribution in [0.3, 0.4) is 0 Å². The zero-order valence-electron chi connectivity index (χ0n) is 14.0. The molecule has 0 unspecified atom stereocenters. The average molecular weight is 401 g/mol. The first-order valence-electron chi connectivity index (χ1n) is 8.52. The SMILES string of the molecule is O=C(Nc1ccccc1Br)C(=O)N1CCC(Cc2ccccc2)CC1. The number of halogens is 1. The Morgan fingerprint density at radius 3 is 2.32 bits per heavy atom. The molecular formula is C20H21BrN2O2. The van der Waals surface area contributed by atoms with E-state index < -0.39 is 11.8 Å². The number of likely N-dealkylation sites (tertiary alicyclic amines) is 1. The molecule has 1 N–H and O–H groups in total. The van der Waals surface area contributed by atoms with Crippen LogP contribution in [-0.2, 0) is 16.0 Å². The molecule has 1 aliphatic rings. The van der Waals surface area contributed by atoms with Crippen LogP contribution in [0.2, 0.25) is 0 Å². The predicted octanol–water partition coefficient (Wildman–Crippen LogP) is 3.87. The Morgan fingerprint density at radius 2 is 1.64 bits per heavy atom. The summed E-state index contributed by atoms with van der Waals surface area (Å²) in [6, 6.07) is 17.7. The first-order valence-corrected chi connectivity index (χ1v) is 9.31. The smallest absolute Gasteiger partial charge is 0.313 e. The van der Waals surface area contributed by atoms with Gasteiger partial charge in [-0.05, 0) is 58.8 Å². The maximum Gasteiger partial charge on any atom is 0.313 e. The maximum atomic E-state index is 12.4. The highest BCUT2D eigenvalue weighted by molar-refractivity contribution is 9.10. The van der Waals surface area contributed by atoms with Gasteiger partial charge in [0.2, 0.25) is 0 Å². The molecule has 25 heavy (non-hydrogen) atoms. The summed E-state index contributed by atoms with van der Waals surface area (Å²) in [5.41, 5.74) is 1.94. The Bertz CT molecular complexity index is 740. The second kappa shape index (κ2) is 8.30. The second-order valence-corrected chi connectivity index (χ2v) is 7.21. The summed E-state index contributed by atoms with van der Waals surface area (Å²) in [5.74, 6) is -0.458. The standard InChI is InChI=1S/C20H21BrN2O2/c21-17-8-4-5-9-18(17)22-19(24)20(25)23-12-10-16(11-13-23)14-15-6-2-1-3-7-15/h1-9,16H,10-14H2,(H,22,24). The molecule has 3 rings (SSSR count). The zero-order valence-corrected chi connectivity index (χ0v) is 15.5. The van der Waals surface area contributed by atoms with Crippen molar-refractivity contribution >= 4 is 33.4 Å². The fourth-order valence-electron chi connectivity index (χ4n) is 3.17. The van der Waals surface area contributed by atoms with Crippen LogP contribution in [0.25, 0.3) is 0 Å². The number of nitrogens with zero attached hydrogens (tertiary/aromatic N) is 1. The lowest BCUT2D eigenvalue weighted by Crippen LogP contribution is -2.44. The minimum absolute atomic E-state index is 0.450. The van der Waals surface area contributed by atoms with Crippen molar-refractivity contribution in [2.45, 2.75) is 19.3 Å². The van der Waals surface area contributed by atoms with E-state index in [2.05, 4.69) is 45.5 Å². The van der Waals surface area contributed by atoms with E-state index in [4.69, 9.17) is 0 Å². The fourth-order valence-corrected chi connectivity index (χ4v) is 3.55. The zero-order chi connectivity index (χ0) is 17.6. The Kier molecular flexibility index (Phi) is 5.87. The molecule has 0 spiro atoms. The molecule has 2 amide bonds. The van der Waals surface area contributed by atoms with Crippen LogP contribution >= 0.6 is 15.9 Å². The number of para-hydroxylation sites is 1. The molecule has 5 heteroatoms. The number of rotatable bonds is 3. The molecule has 2 aromatic carbocycles. The summed E-state index contributed by atoms with van der Waals surface area (Å²) < 4.78 is 0.762. The van der Waals surface area contributed by atoms with Gasteiger partial charge >= 0.3 is 11.8 Å². The normalized spacial score (nSPS) is 15.0. The molecule has 130 valence electrons. The van der Waals surface area contributed by atoms with Crippen molar-refractivity contribution in [1.29, 1.82) is 0 Å². The van der Waals surface area contributed by atoms with E-state index >= 15 is 0 Å². The van der Waals surface area contributed by atoms with E-state index in [0.29, 0.717) is 24.7 Å². The van der Waals surface area contributed by atoms with Crippen molar-refractivity contribution in [3.05, 3.63) is 64.6 Å². The van der Waals surface area contributed by atoms with Gasteiger partial charge in [-0.25, -0.2) is 0 Å². The van der Waals surface area contributed by atoms with Crippen molar-refractivity contribution in [3.8, 4) is 0 Å². The molecule has 1 aliphatic heterocycles. The average Bonchev–Trinajstić information content (AvgIpc) is 2.64. The number of hydrogen-bond donors (Lipinski definition) is 1. The van der Waals surface area contributed by atoms with E-state index in [9.17, 15) is 9.59 Å².